The molecule has 5 nitrogen and oxygen atoms in total. The van der Waals surface area contributed by atoms with Crippen molar-refractivity contribution >= 4 is 34.1 Å². The van der Waals surface area contributed by atoms with E-state index in [1.165, 1.54) is 0 Å². The highest BCUT2D eigenvalue weighted by Gasteiger charge is 2.19. The third-order valence-corrected chi connectivity index (χ3v) is 5.52. The van der Waals surface area contributed by atoms with Crippen LogP contribution >= 0.6 is 23.2 Å². The van der Waals surface area contributed by atoms with Gasteiger partial charge in [-0.1, -0.05) is 35.3 Å². The van der Waals surface area contributed by atoms with Crippen LogP contribution in [0.1, 0.15) is 18.4 Å². The molecule has 3 aromatic rings. The van der Waals surface area contributed by atoms with Crippen LogP contribution in [0.25, 0.3) is 10.9 Å². The van der Waals surface area contributed by atoms with Gasteiger partial charge in [0.1, 0.15) is 0 Å². The second-order valence-corrected chi connectivity index (χ2v) is 8.07. The summed E-state index contributed by atoms with van der Waals surface area (Å²) in [6.45, 7) is 3.83. The summed E-state index contributed by atoms with van der Waals surface area (Å²) in [7, 11) is 0. The van der Waals surface area contributed by atoms with Gasteiger partial charge in [0.2, 0.25) is 5.88 Å². The number of halogens is 2. The summed E-state index contributed by atoms with van der Waals surface area (Å²) in [5.74, 6) is 0.605. The number of aliphatic hydroxyl groups excluding tert-OH is 1. The first kappa shape index (κ1) is 19.5. The third-order valence-electron chi connectivity index (χ3n) is 5.03. The van der Waals surface area contributed by atoms with Gasteiger partial charge in [0, 0.05) is 29.7 Å². The Bertz CT molecular complexity index is 943. The van der Waals surface area contributed by atoms with E-state index in [0.29, 0.717) is 24.1 Å². The maximum Gasteiger partial charge on any atom is 0.240 e. The Morgan fingerprint density at radius 1 is 1.11 bits per heavy atom. The lowest BCUT2D eigenvalue weighted by Gasteiger charge is -2.14. The van der Waals surface area contributed by atoms with Crippen molar-refractivity contribution < 1.29 is 9.84 Å². The number of hydrogen-bond donors (Lipinski definition) is 1. The normalized spacial score (nSPS) is 17.5. The average Bonchev–Trinajstić information content (AvgIpc) is 3.24. The molecule has 1 atom stereocenters. The molecule has 1 aliphatic rings. The summed E-state index contributed by atoms with van der Waals surface area (Å²) in [4.78, 5) is 2.27. The quantitative estimate of drug-likeness (QED) is 0.582. The van der Waals surface area contributed by atoms with Gasteiger partial charge in [-0.3, -0.25) is 4.68 Å². The van der Waals surface area contributed by atoms with Crippen LogP contribution in [0.3, 0.4) is 0 Å². The van der Waals surface area contributed by atoms with E-state index in [9.17, 15) is 5.11 Å². The number of likely N-dealkylation sites (tertiary alicyclic amines) is 1. The van der Waals surface area contributed by atoms with Crippen LogP contribution in [0, 0.1) is 0 Å². The Hall–Kier alpha value is -1.79. The van der Waals surface area contributed by atoms with Crippen LogP contribution in [0.15, 0.2) is 42.5 Å². The first-order chi connectivity index (χ1) is 13.6. The lowest BCUT2D eigenvalue weighted by molar-refractivity contribution is 0.172. The summed E-state index contributed by atoms with van der Waals surface area (Å²) in [5, 5.41) is 16.6. The van der Waals surface area contributed by atoms with Crippen LogP contribution in [0.4, 0.5) is 0 Å². The summed E-state index contributed by atoms with van der Waals surface area (Å²) in [6.07, 6.45) is 1.56. The zero-order chi connectivity index (χ0) is 19.5. The average molecular weight is 420 g/mol. The summed E-state index contributed by atoms with van der Waals surface area (Å²) < 4.78 is 7.93. The van der Waals surface area contributed by atoms with E-state index >= 15 is 0 Å². The minimum Gasteiger partial charge on any atom is -0.476 e. The fourth-order valence-corrected chi connectivity index (χ4v) is 3.88. The van der Waals surface area contributed by atoms with Crippen LogP contribution in [-0.4, -0.2) is 52.1 Å². The minimum absolute atomic E-state index is 0.185. The predicted molar refractivity (Wildman–Crippen MR) is 112 cm³/mol. The van der Waals surface area contributed by atoms with Crippen molar-refractivity contribution in [3.05, 3.63) is 58.1 Å². The first-order valence-corrected chi connectivity index (χ1v) is 10.3. The number of rotatable bonds is 7. The molecule has 0 bridgehead atoms. The zero-order valence-electron chi connectivity index (χ0n) is 15.5. The fraction of sp³-hybridized carbons (Fsp3) is 0.381. The predicted octanol–water partition coefficient (Wildman–Crippen LogP) is 4.23. The monoisotopic (exact) mass is 419 g/mol. The zero-order valence-corrected chi connectivity index (χ0v) is 17.0. The second-order valence-electron chi connectivity index (χ2n) is 7.20. The number of benzene rings is 2. The molecule has 1 aromatic heterocycles. The number of hydrogen-bond acceptors (Lipinski definition) is 4. The molecule has 28 heavy (non-hydrogen) atoms. The van der Waals surface area contributed by atoms with Crippen LogP contribution in [-0.2, 0) is 6.54 Å². The van der Waals surface area contributed by atoms with Crippen molar-refractivity contribution in [2.75, 3.05) is 26.2 Å². The first-order valence-electron chi connectivity index (χ1n) is 9.52. The lowest BCUT2D eigenvalue weighted by atomic mass is 10.2. The van der Waals surface area contributed by atoms with Gasteiger partial charge < -0.3 is 14.7 Å². The largest absolute Gasteiger partial charge is 0.476 e. The van der Waals surface area contributed by atoms with Gasteiger partial charge in [-0.2, -0.15) is 0 Å². The van der Waals surface area contributed by atoms with Gasteiger partial charge in [-0.15, -0.1) is 5.10 Å². The van der Waals surface area contributed by atoms with Gasteiger partial charge in [0.25, 0.3) is 0 Å². The van der Waals surface area contributed by atoms with Crippen molar-refractivity contribution in [3.8, 4) is 5.88 Å². The maximum absolute atomic E-state index is 9.61. The molecule has 0 saturated carbocycles. The van der Waals surface area contributed by atoms with E-state index in [1.807, 2.05) is 47.1 Å². The lowest BCUT2D eigenvalue weighted by Crippen LogP contribution is -2.24. The Morgan fingerprint density at radius 2 is 1.89 bits per heavy atom. The molecule has 0 unspecified atom stereocenters. The minimum atomic E-state index is -0.185. The number of β-amino-alcohol motifs (C(OH)–C–C–N with tert-alkyl or cyclic N) is 1. The highest BCUT2D eigenvalue weighted by molar-refractivity contribution is 6.31. The number of fused-ring (bicyclic) bond motifs is 1. The van der Waals surface area contributed by atoms with E-state index in [0.717, 1.165) is 54.0 Å². The van der Waals surface area contributed by atoms with E-state index in [-0.39, 0.29) is 6.10 Å². The molecule has 1 fully saturated rings. The second kappa shape index (κ2) is 8.70. The molecular weight excluding hydrogens is 397 g/mol. The Labute approximate surface area is 174 Å². The molecule has 4 rings (SSSR count). The summed E-state index contributed by atoms with van der Waals surface area (Å²) >= 11 is 12.2. The highest BCUT2D eigenvalue weighted by Crippen LogP contribution is 2.29. The Balaban J connectivity index is 1.46. The van der Waals surface area contributed by atoms with Crippen molar-refractivity contribution in [2.45, 2.75) is 25.5 Å². The Morgan fingerprint density at radius 3 is 2.64 bits per heavy atom. The fourth-order valence-electron chi connectivity index (χ4n) is 3.58. The maximum atomic E-state index is 9.61. The summed E-state index contributed by atoms with van der Waals surface area (Å²) in [6, 6.07) is 13.5. The summed E-state index contributed by atoms with van der Waals surface area (Å²) in [5.41, 5.74) is 2.10. The van der Waals surface area contributed by atoms with Crippen molar-refractivity contribution in [2.24, 2.45) is 0 Å². The van der Waals surface area contributed by atoms with E-state index in [1.54, 1.807) is 0 Å². The third kappa shape index (κ3) is 4.61. The molecule has 0 aliphatic carbocycles. The molecule has 1 N–H and O–H groups in total. The Kier molecular flexibility index (Phi) is 6.07. The van der Waals surface area contributed by atoms with Crippen LogP contribution in [0.2, 0.25) is 10.0 Å². The van der Waals surface area contributed by atoms with Crippen LogP contribution in [0.5, 0.6) is 5.88 Å². The molecule has 0 spiro atoms. The van der Waals surface area contributed by atoms with Gasteiger partial charge in [-0.05, 0) is 48.7 Å². The van der Waals surface area contributed by atoms with Crippen molar-refractivity contribution in [3.63, 3.8) is 0 Å². The molecular formula is C21H23Cl2N3O2. The molecule has 2 heterocycles. The molecule has 1 aliphatic heterocycles. The SMILES string of the molecule is O[C@@H]1CCN(CCCOc2nn(Cc3ccc(Cl)cc3)c3ccc(Cl)cc23)C1. The van der Waals surface area contributed by atoms with Crippen molar-refractivity contribution in [1.82, 2.24) is 14.7 Å². The molecule has 0 amide bonds. The van der Waals surface area contributed by atoms with Gasteiger partial charge in [-0.25, -0.2) is 0 Å². The van der Waals surface area contributed by atoms with E-state index in [2.05, 4.69) is 10.00 Å². The smallest absolute Gasteiger partial charge is 0.240 e. The molecule has 1 saturated heterocycles. The van der Waals surface area contributed by atoms with Crippen molar-refractivity contribution in [1.29, 1.82) is 0 Å². The van der Waals surface area contributed by atoms with E-state index < -0.39 is 0 Å². The molecule has 7 heteroatoms. The number of ether oxygens (including phenoxy) is 1. The molecule has 2 aromatic carbocycles. The van der Waals surface area contributed by atoms with Gasteiger partial charge >= 0.3 is 0 Å². The van der Waals surface area contributed by atoms with Gasteiger partial charge in [0.15, 0.2) is 0 Å². The van der Waals surface area contributed by atoms with E-state index in [4.69, 9.17) is 27.9 Å². The number of aliphatic hydroxyl groups is 1. The highest BCUT2D eigenvalue weighted by atomic mass is 35.5. The number of nitrogens with zero attached hydrogens (tertiary/aromatic N) is 3. The van der Waals surface area contributed by atoms with Gasteiger partial charge in [0.05, 0.1) is 30.2 Å². The topological polar surface area (TPSA) is 50.5 Å². The van der Waals surface area contributed by atoms with Crippen LogP contribution < -0.4 is 4.74 Å². The number of aromatic nitrogens is 2. The standard InChI is InChI=1S/C21H23Cl2N3O2/c22-16-4-2-15(3-5-16)13-26-20-7-6-17(23)12-19(20)21(24-26)28-11-1-9-25-10-8-18(27)14-25/h2-7,12,18,27H,1,8-11,13-14H2/t18-/m1/s1. The molecule has 148 valence electrons. The molecule has 0 radical (unpaired) electrons.